The minimum absolute atomic E-state index is 0.124. The Morgan fingerprint density at radius 2 is 1.71 bits per heavy atom. The highest BCUT2D eigenvalue weighted by Crippen LogP contribution is 2.30. The fourth-order valence-electron chi connectivity index (χ4n) is 4.07. The number of anilines is 2. The molecule has 12 heteroatoms. The lowest BCUT2D eigenvalue weighted by Gasteiger charge is -2.12. The van der Waals surface area contributed by atoms with Crippen LogP contribution in [0.5, 0.6) is 17.6 Å². The zero-order valence-corrected chi connectivity index (χ0v) is 22.3. The van der Waals surface area contributed by atoms with Crippen LogP contribution in [0, 0.1) is 0 Å². The molecule has 2 amide bonds. The number of rotatable bonds is 7. The zero-order valence-electron chi connectivity index (χ0n) is 21.5. The van der Waals surface area contributed by atoms with E-state index in [0.717, 1.165) is 22.4 Å². The van der Waals surface area contributed by atoms with Crippen molar-refractivity contribution in [2.45, 2.75) is 0 Å². The Bertz CT molecular complexity index is 1830. The number of ether oxygens (including phenoxy) is 2. The number of carbonyl (C=O) groups is 1. The molecule has 0 atom stereocenters. The van der Waals surface area contributed by atoms with Crippen LogP contribution >= 0.6 is 11.6 Å². The summed E-state index contributed by atoms with van der Waals surface area (Å²) in [4.78, 5) is 29.6. The molecule has 0 unspecified atom stereocenters. The molecule has 41 heavy (non-hydrogen) atoms. The number of imidazole rings is 1. The Labute approximate surface area is 238 Å². The van der Waals surface area contributed by atoms with Gasteiger partial charge >= 0.3 is 12.0 Å². The third kappa shape index (κ3) is 5.75. The van der Waals surface area contributed by atoms with Gasteiger partial charge in [-0.1, -0.05) is 23.7 Å². The van der Waals surface area contributed by atoms with E-state index in [4.69, 9.17) is 21.1 Å². The molecule has 6 rings (SSSR count). The van der Waals surface area contributed by atoms with Crippen LogP contribution in [0.25, 0.3) is 28.0 Å². The number of amides is 2. The second-order valence-electron chi connectivity index (χ2n) is 8.68. The van der Waals surface area contributed by atoms with Crippen molar-refractivity contribution in [3.63, 3.8) is 0 Å². The number of fused-ring (bicyclic) bond motifs is 1. The zero-order chi connectivity index (χ0) is 28.2. The third-order valence-corrected chi connectivity index (χ3v) is 6.23. The molecule has 0 radical (unpaired) electrons. The first-order chi connectivity index (χ1) is 20.1. The monoisotopic (exact) mass is 564 g/mol. The molecule has 0 aliphatic carbocycles. The van der Waals surface area contributed by atoms with Gasteiger partial charge in [0, 0.05) is 40.2 Å². The van der Waals surface area contributed by atoms with Gasteiger partial charge in [-0.3, -0.25) is 4.98 Å². The maximum absolute atomic E-state index is 12.7. The van der Waals surface area contributed by atoms with E-state index < -0.39 is 6.03 Å². The van der Waals surface area contributed by atoms with Crippen molar-refractivity contribution in [2.24, 2.45) is 0 Å². The van der Waals surface area contributed by atoms with Gasteiger partial charge in [-0.15, -0.1) is 5.10 Å². The third-order valence-electron chi connectivity index (χ3n) is 5.99. The lowest BCUT2D eigenvalue weighted by atomic mass is 10.1. The summed E-state index contributed by atoms with van der Waals surface area (Å²) in [7, 11) is 1.57. The van der Waals surface area contributed by atoms with Crippen molar-refractivity contribution in [1.29, 1.82) is 0 Å². The highest BCUT2D eigenvalue weighted by Gasteiger charge is 2.12. The van der Waals surface area contributed by atoms with Crippen molar-refractivity contribution in [3.05, 3.63) is 103 Å². The van der Waals surface area contributed by atoms with Crippen LogP contribution in [0.2, 0.25) is 5.02 Å². The SMILES string of the molecule is COc1ccc2ncc(-c3ccc(Oc4ncc(NC(=O)Nc5cc(Cl)ccc5-c5cccnc5)cn4)cc3)n2n1. The van der Waals surface area contributed by atoms with Crippen LogP contribution in [0.15, 0.2) is 97.7 Å². The smallest absolute Gasteiger partial charge is 0.323 e. The molecule has 4 aromatic heterocycles. The van der Waals surface area contributed by atoms with Gasteiger partial charge in [-0.05, 0) is 48.5 Å². The predicted molar refractivity (Wildman–Crippen MR) is 154 cm³/mol. The van der Waals surface area contributed by atoms with Gasteiger partial charge in [0.2, 0.25) is 5.88 Å². The lowest BCUT2D eigenvalue weighted by molar-refractivity contribution is 0.262. The quantitative estimate of drug-likeness (QED) is 0.230. The maximum Gasteiger partial charge on any atom is 0.323 e. The van der Waals surface area contributed by atoms with Gasteiger partial charge in [0.15, 0.2) is 5.65 Å². The first-order valence-corrected chi connectivity index (χ1v) is 12.7. The topological polar surface area (TPSA) is 128 Å². The van der Waals surface area contributed by atoms with Gasteiger partial charge in [0.1, 0.15) is 5.75 Å². The number of carbonyl (C=O) groups excluding carboxylic acids is 1. The summed E-state index contributed by atoms with van der Waals surface area (Å²) in [6, 6.07) is 19.6. The summed E-state index contributed by atoms with van der Waals surface area (Å²) in [6.07, 6.45) is 8.04. The predicted octanol–water partition coefficient (Wildman–Crippen LogP) is 6.35. The fraction of sp³-hybridized carbons (Fsp3) is 0.0345. The van der Waals surface area contributed by atoms with Gasteiger partial charge in [0.05, 0.1) is 42.8 Å². The Balaban J connectivity index is 1.10. The minimum atomic E-state index is -0.482. The average Bonchev–Trinajstić information content (AvgIpc) is 3.42. The molecule has 2 aromatic carbocycles. The number of hydrogen-bond donors (Lipinski definition) is 2. The number of hydrogen-bond acceptors (Lipinski definition) is 8. The summed E-state index contributed by atoms with van der Waals surface area (Å²) < 4.78 is 12.7. The average molecular weight is 565 g/mol. The molecule has 0 spiro atoms. The van der Waals surface area contributed by atoms with Gasteiger partial charge in [0.25, 0.3) is 0 Å². The van der Waals surface area contributed by atoms with Crippen LogP contribution in [-0.4, -0.2) is 42.7 Å². The molecule has 6 aromatic rings. The Hall–Kier alpha value is -5.55. The van der Waals surface area contributed by atoms with Crippen molar-refractivity contribution in [2.75, 3.05) is 17.7 Å². The molecule has 4 heterocycles. The molecular formula is C29H21ClN8O3. The van der Waals surface area contributed by atoms with E-state index in [2.05, 4.69) is 35.7 Å². The molecule has 2 N–H and O–H groups in total. The molecule has 0 aliphatic rings. The van der Waals surface area contributed by atoms with E-state index in [-0.39, 0.29) is 6.01 Å². The highest BCUT2D eigenvalue weighted by atomic mass is 35.5. The van der Waals surface area contributed by atoms with E-state index in [9.17, 15) is 4.79 Å². The first kappa shape index (κ1) is 25.7. The number of aromatic nitrogens is 6. The molecule has 0 fully saturated rings. The van der Waals surface area contributed by atoms with E-state index >= 15 is 0 Å². The van der Waals surface area contributed by atoms with Crippen LogP contribution < -0.4 is 20.1 Å². The van der Waals surface area contributed by atoms with Crippen LogP contribution in [0.1, 0.15) is 0 Å². The Morgan fingerprint density at radius 1 is 0.878 bits per heavy atom. The van der Waals surface area contributed by atoms with Crippen LogP contribution in [0.3, 0.4) is 0 Å². The van der Waals surface area contributed by atoms with E-state index in [1.54, 1.807) is 60.5 Å². The Morgan fingerprint density at radius 3 is 2.46 bits per heavy atom. The summed E-state index contributed by atoms with van der Waals surface area (Å²) in [5.74, 6) is 1.03. The number of urea groups is 1. The molecule has 11 nitrogen and oxygen atoms in total. The number of pyridine rings is 1. The summed E-state index contributed by atoms with van der Waals surface area (Å²) in [5.41, 5.74) is 4.94. The van der Waals surface area contributed by atoms with Crippen molar-refractivity contribution < 1.29 is 14.3 Å². The molecule has 0 bridgehead atoms. The normalized spacial score (nSPS) is 10.8. The number of halogens is 1. The molecule has 202 valence electrons. The number of methoxy groups -OCH3 is 1. The number of nitrogens with one attached hydrogen (secondary N) is 2. The van der Waals surface area contributed by atoms with Gasteiger partial charge < -0.3 is 20.1 Å². The second kappa shape index (κ2) is 11.3. The first-order valence-electron chi connectivity index (χ1n) is 12.3. The molecule has 0 saturated heterocycles. The van der Waals surface area contributed by atoms with Gasteiger partial charge in [-0.2, -0.15) is 0 Å². The molecule has 0 saturated carbocycles. The summed E-state index contributed by atoms with van der Waals surface area (Å²) in [6.45, 7) is 0. The van der Waals surface area contributed by atoms with E-state index in [0.29, 0.717) is 33.7 Å². The minimum Gasteiger partial charge on any atom is -0.480 e. The van der Waals surface area contributed by atoms with E-state index in [1.807, 2.05) is 36.4 Å². The van der Waals surface area contributed by atoms with E-state index in [1.165, 1.54) is 12.4 Å². The standard InChI is InChI=1S/C29H21ClN8O3/c1-40-27-11-10-26-32-17-25(38(26)37-27)18-4-7-22(8-5-18)41-29-33-15-21(16-34-29)35-28(39)36-24-13-20(30)6-9-23(24)19-3-2-12-31-14-19/h2-17H,1H3,(H2,35,36,39). The number of benzene rings is 2. The molecule has 0 aliphatic heterocycles. The fourth-order valence-corrected chi connectivity index (χ4v) is 4.25. The summed E-state index contributed by atoms with van der Waals surface area (Å²) >= 11 is 6.17. The number of nitrogens with zero attached hydrogens (tertiary/aromatic N) is 6. The lowest BCUT2D eigenvalue weighted by Crippen LogP contribution is -2.20. The van der Waals surface area contributed by atoms with Crippen molar-refractivity contribution >= 4 is 34.7 Å². The van der Waals surface area contributed by atoms with Crippen LogP contribution in [0.4, 0.5) is 16.2 Å². The highest BCUT2D eigenvalue weighted by molar-refractivity contribution is 6.31. The second-order valence-corrected chi connectivity index (χ2v) is 9.12. The Kier molecular flexibility index (Phi) is 7.08. The largest absolute Gasteiger partial charge is 0.480 e. The summed E-state index contributed by atoms with van der Waals surface area (Å²) in [5, 5.41) is 10.5. The van der Waals surface area contributed by atoms with Gasteiger partial charge in [-0.25, -0.2) is 24.3 Å². The van der Waals surface area contributed by atoms with Crippen LogP contribution in [-0.2, 0) is 0 Å². The van der Waals surface area contributed by atoms with Crippen molar-refractivity contribution in [1.82, 2.24) is 29.5 Å². The van der Waals surface area contributed by atoms with Crippen molar-refractivity contribution in [3.8, 4) is 40.0 Å². The maximum atomic E-state index is 12.7. The molecular weight excluding hydrogens is 544 g/mol.